The van der Waals surface area contributed by atoms with E-state index in [2.05, 4.69) is 20.2 Å². The molecule has 0 aliphatic carbocycles. The smallest absolute Gasteiger partial charge is 0.244 e. The van der Waals surface area contributed by atoms with E-state index >= 15 is 0 Å². The van der Waals surface area contributed by atoms with Crippen LogP contribution in [0.4, 0.5) is 8.78 Å². The highest BCUT2D eigenvalue weighted by Crippen LogP contribution is 2.28. The number of aromatic nitrogens is 5. The Morgan fingerprint density at radius 3 is 2.18 bits per heavy atom. The molecule has 5 rings (SSSR count). The number of amides is 1. The summed E-state index contributed by atoms with van der Waals surface area (Å²) in [7, 11) is 0. The summed E-state index contributed by atoms with van der Waals surface area (Å²) in [6.45, 7) is 2.89. The van der Waals surface area contributed by atoms with E-state index in [1.165, 1.54) is 28.9 Å². The number of likely N-dealkylation sites (tertiary alicyclic amines) is 1. The van der Waals surface area contributed by atoms with Crippen molar-refractivity contribution in [2.75, 3.05) is 13.1 Å². The predicted molar refractivity (Wildman–Crippen MR) is 118 cm³/mol. The highest BCUT2D eigenvalue weighted by atomic mass is 19.1. The highest BCUT2D eigenvalue weighted by Gasteiger charge is 2.28. The normalized spacial score (nSPS) is 14.5. The van der Waals surface area contributed by atoms with Gasteiger partial charge in [0.05, 0.1) is 0 Å². The molecule has 1 saturated heterocycles. The lowest BCUT2D eigenvalue weighted by Gasteiger charge is -2.30. The van der Waals surface area contributed by atoms with E-state index in [1.54, 1.807) is 36.1 Å². The molecule has 10 heteroatoms. The molecular formula is C24H22F2N6O2. The molecule has 0 spiro atoms. The topological polar surface area (TPSA) is 89.9 Å². The monoisotopic (exact) mass is 464 g/mol. The first kappa shape index (κ1) is 21.9. The average Bonchev–Trinajstić information content (AvgIpc) is 3.47. The molecule has 3 heterocycles. The van der Waals surface area contributed by atoms with E-state index in [0.29, 0.717) is 47.6 Å². The Hall–Kier alpha value is -3.95. The number of nitrogens with zero attached hydrogens (tertiary/aromatic N) is 6. The Kier molecular flexibility index (Phi) is 5.87. The van der Waals surface area contributed by atoms with Gasteiger partial charge < -0.3 is 9.42 Å². The lowest BCUT2D eigenvalue weighted by molar-refractivity contribution is -0.133. The van der Waals surface area contributed by atoms with Crippen LogP contribution >= 0.6 is 0 Å². The summed E-state index contributed by atoms with van der Waals surface area (Å²) >= 11 is 0. The third kappa shape index (κ3) is 4.57. The molecule has 1 aliphatic rings. The van der Waals surface area contributed by atoms with Gasteiger partial charge in [-0.2, -0.15) is 4.98 Å². The molecule has 0 N–H and O–H groups in total. The number of halogens is 2. The quantitative estimate of drug-likeness (QED) is 0.444. The van der Waals surface area contributed by atoms with Gasteiger partial charge in [-0.25, -0.2) is 18.4 Å². The third-order valence-electron chi connectivity index (χ3n) is 5.90. The van der Waals surface area contributed by atoms with Crippen LogP contribution in [0.3, 0.4) is 0 Å². The molecule has 2 aromatic carbocycles. The van der Waals surface area contributed by atoms with E-state index in [9.17, 15) is 13.6 Å². The lowest BCUT2D eigenvalue weighted by atomic mass is 9.97. The summed E-state index contributed by atoms with van der Waals surface area (Å²) in [6.07, 6.45) is 1.47. The van der Waals surface area contributed by atoms with Crippen LogP contribution in [-0.2, 0) is 11.3 Å². The molecule has 8 nitrogen and oxygen atoms in total. The Bertz CT molecular complexity index is 1290. The van der Waals surface area contributed by atoms with Crippen molar-refractivity contribution in [1.29, 1.82) is 0 Å². The molecule has 2 aromatic heterocycles. The van der Waals surface area contributed by atoms with Gasteiger partial charge in [0.2, 0.25) is 11.8 Å². The molecule has 1 fully saturated rings. The Balaban J connectivity index is 1.36. The van der Waals surface area contributed by atoms with Crippen molar-refractivity contribution in [1.82, 2.24) is 29.8 Å². The van der Waals surface area contributed by atoms with Gasteiger partial charge in [-0.15, -0.1) is 5.10 Å². The Morgan fingerprint density at radius 2 is 1.59 bits per heavy atom. The third-order valence-corrected chi connectivity index (χ3v) is 5.90. The Morgan fingerprint density at radius 1 is 0.971 bits per heavy atom. The molecule has 0 unspecified atom stereocenters. The second-order valence-corrected chi connectivity index (χ2v) is 8.27. The second-order valence-electron chi connectivity index (χ2n) is 8.27. The number of carbonyl (C=O) groups excluding carboxylic acids is 1. The molecule has 0 atom stereocenters. The predicted octanol–water partition coefficient (Wildman–Crippen LogP) is 3.99. The summed E-state index contributed by atoms with van der Waals surface area (Å²) in [6, 6.07) is 11.7. The fourth-order valence-corrected chi connectivity index (χ4v) is 4.07. The van der Waals surface area contributed by atoms with E-state index in [4.69, 9.17) is 4.52 Å². The lowest BCUT2D eigenvalue weighted by Crippen LogP contribution is -2.40. The van der Waals surface area contributed by atoms with Crippen LogP contribution in [0.1, 0.15) is 30.5 Å². The molecule has 0 radical (unpaired) electrons. The standard InChI is InChI=1S/C24H22F2N6O2/c1-15-27-24(34-30-15)18-10-12-31(13-11-18)21(33)14-32-23(17-4-8-20(26)9-5-17)28-22(29-32)16-2-6-19(25)7-3-16/h2-9,18H,10-14H2,1H3. The molecule has 1 amide bonds. The van der Waals surface area contributed by atoms with E-state index in [1.807, 2.05) is 0 Å². The SMILES string of the molecule is Cc1noc(C2CCN(C(=O)Cn3nc(-c4ccc(F)cc4)nc3-c3ccc(F)cc3)CC2)n1. The average molecular weight is 464 g/mol. The summed E-state index contributed by atoms with van der Waals surface area (Å²) in [4.78, 5) is 23.8. The van der Waals surface area contributed by atoms with E-state index in [-0.39, 0.29) is 30.0 Å². The maximum absolute atomic E-state index is 13.5. The van der Waals surface area contributed by atoms with Crippen LogP contribution in [0, 0.1) is 18.6 Å². The van der Waals surface area contributed by atoms with Crippen molar-refractivity contribution in [2.24, 2.45) is 0 Å². The van der Waals surface area contributed by atoms with Crippen molar-refractivity contribution in [3.05, 3.63) is 71.9 Å². The van der Waals surface area contributed by atoms with Crippen LogP contribution in [0.15, 0.2) is 53.1 Å². The zero-order valence-corrected chi connectivity index (χ0v) is 18.5. The van der Waals surface area contributed by atoms with Gasteiger partial charge in [0.15, 0.2) is 17.5 Å². The van der Waals surface area contributed by atoms with Gasteiger partial charge >= 0.3 is 0 Å². The largest absolute Gasteiger partial charge is 0.341 e. The zero-order valence-electron chi connectivity index (χ0n) is 18.5. The molecule has 1 aliphatic heterocycles. The molecule has 174 valence electrons. The highest BCUT2D eigenvalue weighted by molar-refractivity contribution is 5.77. The number of hydrogen-bond acceptors (Lipinski definition) is 6. The number of benzene rings is 2. The van der Waals surface area contributed by atoms with Crippen LogP contribution < -0.4 is 0 Å². The van der Waals surface area contributed by atoms with Gasteiger partial charge in [-0.3, -0.25) is 4.79 Å². The number of aryl methyl sites for hydroxylation is 1. The van der Waals surface area contributed by atoms with Crippen molar-refractivity contribution < 1.29 is 18.1 Å². The number of piperidine rings is 1. The number of rotatable bonds is 5. The second kappa shape index (κ2) is 9.12. The van der Waals surface area contributed by atoms with Crippen molar-refractivity contribution >= 4 is 5.91 Å². The molecule has 0 saturated carbocycles. The maximum Gasteiger partial charge on any atom is 0.244 e. The zero-order chi connectivity index (χ0) is 23.7. The fraction of sp³-hybridized carbons (Fsp3) is 0.292. The Labute approximate surface area is 194 Å². The van der Waals surface area contributed by atoms with Gasteiger partial charge in [-0.05, 0) is 68.3 Å². The van der Waals surface area contributed by atoms with Gasteiger partial charge in [-0.1, -0.05) is 5.16 Å². The number of hydrogen-bond donors (Lipinski definition) is 0. The van der Waals surface area contributed by atoms with E-state index in [0.717, 1.165) is 12.8 Å². The van der Waals surface area contributed by atoms with Crippen LogP contribution in [0.5, 0.6) is 0 Å². The molecule has 34 heavy (non-hydrogen) atoms. The van der Waals surface area contributed by atoms with Crippen molar-refractivity contribution in [2.45, 2.75) is 32.2 Å². The first-order valence-corrected chi connectivity index (χ1v) is 11.0. The van der Waals surface area contributed by atoms with Gasteiger partial charge in [0, 0.05) is 30.1 Å². The molecule has 4 aromatic rings. The van der Waals surface area contributed by atoms with Crippen molar-refractivity contribution in [3.8, 4) is 22.8 Å². The maximum atomic E-state index is 13.5. The summed E-state index contributed by atoms with van der Waals surface area (Å²) in [5.74, 6) is 1.31. The van der Waals surface area contributed by atoms with Crippen LogP contribution in [-0.4, -0.2) is 48.8 Å². The number of carbonyl (C=O) groups is 1. The summed E-state index contributed by atoms with van der Waals surface area (Å²) in [5, 5.41) is 8.37. The minimum atomic E-state index is -0.371. The van der Waals surface area contributed by atoms with Crippen molar-refractivity contribution in [3.63, 3.8) is 0 Å². The minimum absolute atomic E-state index is 0.0226. The van der Waals surface area contributed by atoms with Crippen LogP contribution in [0.25, 0.3) is 22.8 Å². The minimum Gasteiger partial charge on any atom is -0.341 e. The summed E-state index contributed by atoms with van der Waals surface area (Å²) < 4.78 is 33.6. The summed E-state index contributed by atoms with van der Waals surface area (Å²) in [5.41, 5.74) is 1.24. The molecular weight excluding hydrogens is 442 g/mol. The fourth-order valence-electron chi connectivity index (χ4n) is 4.07. The van der Waals surface area contributed by atoms with Gasteiger partial charge in [0.25, 0.3) is 0 Å². The van der Waals surface area contributed by atoms with Gasteiger partial charge in [0.1, 0.15) is 18.2 Å². The van der Waals surface area contributed by atoms with E-state index < -0.39 is 0 Å². The van der Waals surface area contributed by atoms with Crippen LogP contribution in [0.2, 0.25) is 0 Å². The first-order valence-electron chi connectivity index (χ1n) is 11.0. The first-order chi connectivity index (χ1) is 16.5. The molecule has 0 bridgehead atoms.